The van der Waals surface area contributed by atoms with E-state index in [-0.39, 0.29) is 13.5 Å². The third kappa shape index (κ3) is 3.28. The Bertz CT molecular complexity index is 293. The van der Waals surface area contributed by atoms with Crippen LogP contribution in [0.3, 0.4) is 0 Å². The van der Waals surface area contributed by atoms with Crippen LogP contribution in [-0.2, 0) is 22.6 Å². The van der Waals surface area contributed by atoms with Gasteiger partial charge in [0.2, 0.25) is 0 Å². The average Bonchev–Trinajstić information content (AvgIpc) is 2.26. The highest BCUT2D eigenvalue weighted by atomic mass is 16.5. The number of hydrogen-bond acceptors (Lipinski definition) is 2. The van der Waals surface area contributed by atoms with Crippen molar-refractivity contribution in [2.45, 2.75) is 26.9 Å². The van der Waals surface area contributed by atoms with E-state index in [1.165, 1.54) is 5.56 Å². The van der Waals surface area contributed by atoms with Gasteiger partial charge >= 0.3 is 5.97 Å². The van der Waals surface area contributed by atoms with Gasteiger partial charge in [0.1, 0.15) is 6.61 Å². The number of carbonyl (C=O) groups is 1. The molecule has 0 radical (unpaired) electrons. The summed E-state index contributed by atoms with van der Waals surface area (Å²) in [6, 6.07) is 7.92. The van der Waals surface area contributed by atoms with Gasteiger partial charge < -0.3 is 4.74 Å². The number of rotatable bonds is 3. The van der Waals surface area contributed by atoms with Crippen LogP contribution >= 0.6 is 0 Å². The third-order valence-electron chi connectivity index (χ3n) is 1.83. The molecule has 70 valence electrons. The van der Waals surface area contributed by atoms with Crippen LogP contribution in [0.4, 0.5) is 0 Å². The summed E-state index contributed by atoms with van der Waals surface area (Å²) in [5.41, 5.74) is 2.23. The van der Waals surface area contributed by atoms with Crippen molar-refractivity contribution in [3.8, 4) is 0 Å². The molecule has 0 aliphatic rings. The van der Waals surface area contributed by atoms with E-state index in [1.807, 2.05) is 24.3 Å². The Morgan fingerprint density at radius 3 is 2.54 bits per heavy atom. The number of aryl methyl sites for hydroxylation is 1. The topological polar surface area (TPSA) is 26.3 Å². The zero-order valence-corrected chi connectivity index (χ0v) is 7.75. The van der Waals surface area contributed by atoms with Gasteiger partial charge in [0.15, 0.2) is 0 Å². The van der Waals surface area contributed by atoms with E-state index in [0.717, 1.165) is 12.0 Å². The molecular weight excluding hydrogens is 164 g/mol. The standard InChI is InChI=1S/C11H14O2/c1-3-10-4-6-11(7-5-10)8-13-9(2)12/h4-7H,3,8H2,1-2H3/i2D. The molecule has 2 nitrogen and oxygen atoms in total. The molecule has 0 aliphatic heterocycles. The summed E-state index contributed by atoms with van der Waals surface area (Å²) in [5.74, 6) is -0.482. The molecule has 1 rings (SSSR count). The van der Waals surface area contributed by atoms with Crippen molar-refractivity contribution < 1.29 is 10.9 Å². The number of hydrogen-bond donors (Lipinski definition) is 0. The Hall–Kier alpha value is -1.31. The second kappa shape index (κ2) is 4.65. The van der Waals surface area contributed by atoms with E-state index in [4.69, 9.17) is 6.11 Å². The summed E-state index contributed by atoms with van der Waals surface area (Å²) in [4.78, 5) is 10.7. The molecule has 0 bridgehead atoms. The largest absolute Gasteiger partial charge is 0.461 e. The molecule has 0 N–H and O–H groups in total. The summed E-state index contributed by atoms with van der Waals surface area (Å²) in [7, 11) is 0. The summed E-state index contributed by atoms with van der Waals surface area (Å²) >= 11 is 0. The molecule has 1 aromatic carbocycles. The first-order valence-corrected chi connectivity index (χ1v) is 4.29. The quantitative estimate of drug-likeness (QED) is 0.665. The lowest BCUT2D eigenvalue weighted by molar-refractivity contribution is -0.142. The maximum Gasteiger partial charge on any atom is 0.302 e. The first-order chi connectivity index (χ1) is 6.76. The van der Waals surface area contributed by atoms with Crippen LogP contribution in [0.1, 0.15) is 26.3 Å². The van der Waals surface area contributed by atoms with Crippen molar-refractivity contribution in [2.75, 3.05) is 0 Å². The first kappa shape index (κ1) is 8.30. The van der Waals surface area contributed by atoms with E-state index in [1.54, 1.807) is 0 Å². The Balaban J connectivity index is 2.47. The third-order valence-corrected chi connectivity index (χ3v) is 1.83. The monoisotopic (exact) mass is 179 g/mol. The molecule has 0 saturated heterocycles. The van der Waals surface area contributed by atoms with Gasteiger partial charge in [-0.25, -0.2) is 0 Å². The van der Waals surface area contributed by atoms with Crippen LogP contribution < -0.4 is 0 Å². The minimum absolute atomic E-state index is 0.266. The second-order valence-electron chi connectivity index (χ2n) is 2.83. The van der Waals surface area contributed by atoms with Crippen molar-refractivity contribution in [3.05, 3.63) is 35.4 Å². The van der Waals surface area contributed by atoms with Crippen molar-refractivity contribution in [3.63, 3.8) is 0 Å². The van der Waals surface area contributed by atoms with E-state index in [0.29, 0.717) is 0 Å². The van der Waals surface area contributed by atoms with Crippen LogP contribution in [0, 0.1) is 0 Å². The van der Waals surface area contributed by atoms with Crippen LogP contribution in [0.2, 0.25) is 0 Å². The van der Waals surface area contributed by atoms with E-state index in [2.05, 4.69) is 6.92 Å². The SMILES string of the molecule is [2H]CC(=O)OCc1ccc(CC)cc1. The summed E-state index contributed by atoms with van der Waals surface area (Å²) in [6.45, 7) is 2.05. The smallest absolute Gasteiger partial charge is 0.302 e. The maximum absolute atomic E-state index is 10.7. The van der Waals surface area contributed by atoms with Crippen molar-refractivity contribution in [1.29, 1.82) is 0 Å². The highest BCUT2D eigenvalue weighted by Crippen LogP contribution is 2.06. The molecule has 1 aromatic rings. The minimum Gasteiger partial charge on any atom is -0.461 e. The Morgan fingerprint density at radius 1 is 1.38 bits per heavy atom. The maximum atomic E-state index is 10.7. The predicted octanol–water partition coefficient (Wildman–Crippen LogP) is 2.31. The summed E-state index contributed by atoms with van der Waals surface area (Å²) in [6.07, 6.45) is 1.01. The second-order valence-corrected chi connectivity index (χ2v) is 2.83. The predicted molar refractivity (Wildman–Crippen MR) is 51.3 cm³/mol. The number of carbonyl (C=O) groups excluding carboxylic acids is 1. The Labute approximate surface area is 79.9 Å². The Morgan fingerprint density at radius 2 is 2.00 bits per heavy atom. The molecule has 0 saturated carbocycles. The molecular formula is C11H14O2. The molecule has 0 amide bonds. The molecule has 0 fully saturated rings. The fraction of sp³-hybridized carbons (Fsp3) is 0.364. The fourth-order valence-electron chi connectivity index (χ4n) is 1.04. The molecule has 0 atom stereocenters. The summed E-state index contributed by atoms with van der Waals surface area (Å²) < 4.78 is 11.6. The lowest BCUT2D eigenvalue weighted by atomic mass is 10.1. The van der Waals surface area contributed by atoms with Crippen LogP contribution in [-0.4, -0.2) is 5.97 Å². The van der Waals surface area contributed by atoms with Gasteiger partial charge in [-0.05, 0) is 17.5 Å². The van der Waals surface area contributed by atoms with E-state index in [9.17, 15) is 4.79 Å². The molecule has 0 unspecified atom stereocenters. The minimum atomic E-state index is -0.482. The first-order valence-electron chi connectivity index (χ1n) is 4.99. The molecule has 0 spiro atoms. The van der Waals surface area contributed by atoms with Crippen molar-refractivity contribution in [2.24, 2.45) is 0 Å². The van der Waals surface area contributed by atoms with Gasteiger partial charge in [0, 0.05) is 8.27 Å². The summed E-state index contributed by atoms with van der Waals surface area (Å²) in [5, 5.41) is 0. The molecule has 0 aromatic heterocycles. The van der Waals surface area contributed by atoms with Gasteiger partial charge in [-0.2, -0.15) is 0 Å². The molecule has 2 heteroatoms. The van der Waals surface area contributed by atoms with Crippen LogP contribution in [0.5, 0.6) is 0 Å². The average molecular weight is 179 g/mol. The number of ether oxygens (including phenoxy) is 1. The molecule has 13 heavy (non-hydrogen) atoms. The van der Waals surface area contributed by atoms with Gasteiger partial charge in [-0.15, -0.1) is 0 Å². The normalized spacial score (nSPS) is 10.7. The highest BCUT2D eigenvalue weighted by Gasteiger charge is 1.95. The van der Waals surface area contributed by atoms with Crippen molar-refractivity contribution >= 4 is 5.97 Å². The fourth-order valence-corrected chi connectivity index (χ4v) is 1.04. The van der Waals surface area contributed by atoms with Gasteiger partial charge in [-0.1, -0.05) is 31.2 Å². The van der Waals surface area contributed by atoms with Gasteiger partial charge in [-0.3, -0.25) is 4.79 Å². The molecule has 0 heterocycles. The number of esters is 1. The zero-order chi connectivity index (χ0) is 10.4. The van der Waals surface area contributed by atoms with E-state index < -0.39 is 5.97 Å². The van der Waals surface area contributed by atoms with Crippen molar-refractivity contribution in [1.82, 2.24) is 0 Å². The van der Waals surface area contributed by atoms with Gasteiger partial charge in [0.05, 0.1) is 0 Å². The van der Waals surface area contributed by atoms with Crippen LogP contribution in [0.25, 0.3) is 0 Å². The van der Waals surface area contributed by atoms with Gasteiger partial charge in [0.25, 0.3) is 0 Å². The van der Waals surface area contributed by atoms with E-state index >= 15 is 0 Å². The number of benzene rings is 1. The van der Waals surface area contributed by atoms with Crippen LogP contribution in [0.15, 0.2) is 24.3 Å². The Kier molecular flexibility index (Phi) is 2.97. The molecule has 0 aliphatic carbocycles. The zero-order valence-electron chi connectivity index (χ0n) is 8.75. The lowest BCUT2D eigenvalue weighted by Gasteiger charge is -2.02. The highest BCUT2D eigenvalue weighted by molar-refractivity contribution is 5.65. The lowest BCUT2D eigenvalue weighted by Crippen LogP contribution is -1.98.